The number of hydrogen-bond acceptors (Lipinski definition) is 5. The molecule has 0 aromatic rings. The van der Waals surface area contributed by atoms with Gasteiger partial charge in [-0.05, 0) is 13.3 Å². The number of carbonyl (C=O) groups is 1. The zero-order chi connectivity index (χ0) is 17.6. The molecule has 1 amide bonds. The molecule has 0 spiro atoms. The van der Waals surface area contributed by atoms with Gasteiger partial charge >= 0.3 is 0 Å². The fourth-order valence-corrected chi connectivity index (χ4v) is 2.47. The summed E-state index contributed by atoms with van der Waals surface area (Å²) in [6.07, 6.45) is 1.07. The number of methoxy groups -OCH3 is 2. The van der Waals surface area contributed by atoms with Crippen molar-refractivity contribution in [1.29, 1.82) is 0 Å². The van der Waals surface area contributed by atoms with Gasteiger partial charge in [0.15, 0.2) is 5.96 Å². The lowest BCUT2D eigenvalue weighted by Gasteiger charge is -2.21. The van der Waals surface area contributed by atoms with E-state index >= 15 is 0 Å². The monoisotopic (exact) mass is 344 g/mol. The Morgan fingerprint density at radius 2 is 2.00 bits per heavy atom. The molecule has 0 aromatic heterocycles. The van der Waals surface area contributed by atoms with E-state index < -0.39 is 0 Å². The highest BCUT2D eigenvalue weighted by atomic mass is 16.5. The molecule has 1 rings (SSSR count). The Balaban J connectivity index is 2.38. The van der Waals surface area contributed by atoms with Crippen molar-refractivity contribution in [3.63, 3.8) is 0 Å². The van der Waals surface area contributed by atoms with Gasteiger partial charge in [0.05, 0.1) is 26.4 Å². The van der Waals surface area contributed by atoms with E-state index in [1.165, 1.54) is 0 Å². The Labute approximate surface area is 144 Å². The van der Waals surface area contributed by atoms with Crippen LogP contribution < -0.4 is 10.6 Å². The first-order valence-electron chi connectivity index (χ1n) is 8.56. The van der Waals surface area contributed by atoms with Gasteiger partial charge in [-0.25, -0.2) is 4.99 Å². The van der Waals surface area contributed by atoms with E-state index in [0.29, 0.717) is 32.3 Å². The molecule has 0 aliphatic carbocycles. The van der Waals surface area contributed by atoms with Crippen LogP contribution in [-0.2, 0) is 19.0 Å². The lowest BCUT2D eigenvalue weighted by atomic mass is 10.1. The van der Waals surface area contributed by atoms with Gasteiger partial charge < -0.3 is 29.7 Å². The smallest absolute Gasteiger partial charge is 0.241 e. The second-order valence-corrected chi connectivity index (χ2v) is 5.68. The van der Waals surface area contributed by atoms with Crippen molar-refractivity contribution >= 4 is 11.9 Å². The number of nitrogens with zero attached hydrogens (tertiary/aromatic N) is 2. The Morgan fingerprint density at radius 3 is 2.71 bits per heavy atom. The quantitative estimate of drug-likeness (QED) is 0.304. The minimum Gasteiger partial charge on any atom is -0.383 e. The summed E-state index contributed by atoms with van der Waals surface area (Å²) in [5.41, 5.74) is 0. The van der Waals surface area contributed by atoms with E-state index in [0.717, 1.165) is 38.6 Å². The van der Waals surface area contributed by atoms with Crippen molar-refractivity contribution in [3.8, 4) is 0 Å². The standard InChI is InChI=1S/C16H32N4O4/c1-4-17-16(19-11-15(21)18-6-8-22-2)20-7-5-14(12-20)13-24-10-9-23-3/h14H,4-13H2,1-3H3,(H,17,19)(H,18,21). The van der Waals surface area contributed by atoms with E-state index in [1.807, 2.05) is 6.92 Å². The number of rotatable bonds is 11. The summed E-state index contributed by atoms with van der Waals surface area (Å²) in [5.74, 6) is 1.18. The zero-order valence-corrected chi connectivity index (χ0v) is 15.2. The normalized spacial score (nSPS) is 18.0. The van der Waals surface area contributed by atoms with Gasteiger partial charge in [-0.2, -0.15) is 0 Å². The van der Waals surface area contributed by atoms with Crippen LogP contribution in [0.5, 0.6) is 0 Å². The van der Waals surface area contributed by atoms with Crippen molar-refractivity contribution in [2.45, 2.75) is 13.3 Å². The van der Waals surface area contributed by atoms with Gasteiger partial charge in [-0.3, -0.25) is 4.79 Å². The second kappa shape index (κ2) is 13.0. The molecule has 1 unspecified atom stereocenters. The van der Waals surface area contributed by atoms with Crippen LogP contribution in [-0.4, -0.2) is 90.1 Å². The molecular formula is C16H32N4O4. The molecule has 2 N–H and O–H groups in total. The summed E-state index contributed by atoms with van der Waals surface area (Å²) in [6.45, 7) is 7.74. The van der Waals surface area contributed by atoms with Crippen LogP contribution >= 0.6 is 0 Å². The number of amides is 1. The molecule has 8 nitrogen and oxygen atoms in total. The van der Waals surface area contributed by atoms with Crippen LogP contribution in [0, 0.1) is 5.92 Å². The fraction of sp³-hybridized carbons (Fsp3) is 0.875. The largest absolute Gasteiger partial charge is 0.383 e. The van der Waals surface area contributed by atoms with E-state index in [9.17, 15) is 4.79 Å². The van der Waals surface area contributed by atoms with Crippen LogP contribution in [0.25, 0.3) is 0 Å². The summed E-state index contributed by atoms with van der Waals surface area (Å²) >= 11 is 0. The third-order valence-corrected chi connectivity index (χ3v) is 3.71. The number of nitrogens with one attached hydrogen (secondary N) is 2. The lowest BCUT2D eigenvalue weighted by Crippen LogP contribution is -2.41. The maximum absolute atomic E-state index is 11.8. The first-order valence-corrected chi connectivity index (χ1v) is 8.56. The number of guanidine groups is 1. The number of ether oxygens (including phenoxy) is 3. The molecule has 0 bridgehead atoms. The summed E-state index contributed by atoms with van der Waals surface area (Å²) < 4.78 is 15.5. The van der Waals surface area contributed by atoms with Gasteiger partial charge in [-0.15, -0.1) is 0 Å². The summed E-state index contributed by atoms with van der Waals surface area (Å²) in [7, 11) is 3.28. The molecule has 1 aliphatic heterocycles. The SMILES string of the molecule is CCNC(=NCC(=O)NCCOC)N1CCC(COCCOC)C1. The average molecular weight is 344 g/mol. The zero-order valence-electron chi connectivity index (χ0n) is 15.2. The van der Waals surface area contributed by atoms with Crippen molar-refractivity contribution in [3.05, 3.63) is 0 Å². The van der Waals surface area contributed by atoms with E-state index in [1.54, 1.807) is 14.2 Å². The van der Waals surface area contributed by atoms with E-state index in [2.05, 4.69) is 20.5 Å². The van der Waals surface area contributed by atoms with Crippen LogP contribution in [0.2, 0.25) is 0 Å². The fourth-order valence-electron chi connectivity index (χ4n) is 2.47. The van der Waals surface area contributed by atoms with E-state index in [4.69, 9.17) is 14.2 Å². The molecule has 1 fully saturated rings. The average Bonchev–Trinajstić information content (AvgIpc) is 3.04. The molecule has 1 heterocycles. The molecule has 24 heavy (non-hydrogen) atoms. The molecule has 1 saturated heterocycles. The van der Waals surface area contributed by atoms with Gasteiger partial charge in [0.25, 0.3) is 0 Å². The summed E-state index contributed by atoms with van der Waals surface area (Å²) in [4.78, 5) is 18.4. The molecule has 0 saturated carbocycles. The highest BCUT2D eigenvalue weighted by Crippen LogP contribution is 2.16. The van der Waals surface area contributed by atoms with Gasteiger partial charge in [0, 0.05) is 46.3 Å². The van der Waals surface area contributed by atoms with Gasteiger partial charge in [-0.1, -0.05) is 0 Å². The van der Waals surface area contributed by atoms with Crippen LogP contribution in [0.1, 0.15) is 13.3 Å². The third kappa shape index (κ3) is 8.47. The first kappa shape index (κ1) is 20.7. The van der Waals surface area contributed by atoms with E-state index in [-0.39, 0.29) is 12.5 Å². The summed E-state index contributed by atoms with van der Waals surface area (Å²) in [5, 5.41) is 6.03. The molecule has 8 heteroatoms. The molecular weight excluding hydrogens is 312 g/mol. The lowest BCUT2D eigenvalue weighted by molar-refractivity contribution is -0.119. The highest BCUT2D eigenvalue weighted by molar-refractivity contribution is 5.85. The third-order valence-electron chi connectivity index (χ3n) is 3.71. The molecule has 0 aromatic carbocycles. The summed E-state index contributed by atoms with van der Waals surface area (Å²) in [6, 6.07) is 0. The topological polar surface area (TPSA) is 84.4 Å². The highest BCUT2D eigenvalue weighted by Gasteiger charge is 2.25. The number of aliphatic imine (C=N–C) groups is 1. The maximum atomic E-state index is 11.8. The maximum Gasteiger partial charge on any atom is 0.241 e. The Bertz CT molecular complexity index is 379. The van der Waals surface area contributed by atoms with Crippen molar-refractivity contribution in [2.24, 2.45) is 10.9 Å². The molecule has 0 radical (unpaired) electrons. The Hall–Kier alpha value is -1.38. The van der Waals surface area contributed by atoms with Crippen LogP contribution in [0.3, 0.4) is 0 Å². The number of carbonyl (C=O) groups excluding carboxylic acids is 1. The van der Waals surface area contributed by atoms with Gasteiger partial charge in [0.1, 0.15) is 6.54 Å². The first-order chi connectivity index (χ1) is 11.7. The minimum absolute atomic E-state index is 0.0962. The van der Waals surface area contributed by atoms with Crippen molar-refractivity contribution in [1.82, 2.24) is 15.5 Å². The molecule has 1 atom stereocenters. The molecule has 140 valence electrons. The Kier molecular flexibility index (Phi) is 11.2. The van der Waals surface area contributed by atoms with Gasteiger partial charge in [0.2, 0.25) is 5.91 Å². The number of hydrogen-bond donors (Lipinski definition) is 2. The number of likely N-dealkylation sites (tertiary alicyclic amines) is 1. The Morgan fingerprint density at radius 1 is 1.21 bits per heavy atom. The van der Waals surface area contributed by atoms with Crippen LogP contribution in [0.15, 0.2) is 4.99 Å². The van der Waals surface area contributed by atoms with Crippen molar-refractivity contribution < 1.29 is 19.0 Å². The second-order valence-electron chi connectivity index (χ2n) is 5.68. The van der Waals surface area contributed by atoms with Crippen LogP contribution in [0.4, 0.5) is 0 Å². The molecule has 1 aliphatic rings. The predicted octanol–water partition coefficient (Wildman–Crippen LogP) is -0.301. The minimum atomic E-state index is -0.0962. The predicted molar refractivity (Wildman–Crippen MR) is 93.2 cm³/mol. The van der Waals surface area contributed by atoms with Crippen molar-refractivity contribution in [2.75, 3.05) is 73.4 Å².